The Kier molecular flexibility index (Phi) is 5.68. The molecule has 2 aromatic carbocycles. The Morgan fingerprint density at radius 3 is 2.52 bits per heavy atom. The molecule has 9 nitrogen and oxygen atoms in total. The highest BCUT2D eigenvalue weighted by molar-refractivity contribution is 6.39. The molecule has 0 radical (unpaired) electrons. The molecule has 0 unspecified atom stereocenters. The second-order valence-electron chi connectivity index (χ2n) is 6.15. The van der Waals surface area contributed by atoms with Crippen LogP contribution in [0.3, 0.4) is 0 Å². The second kappa shape index (κ2) is 8.34. The van der Waals surface area contributed by atoms with Crippen LogP contribution in [-0.2, 0) is 9.59 Å². The van der Waals surface area contributed by atoms with E-state index in [1.807, 2.05) is 6.92 Å². The number of amides is 4. The number of rotatable bonds is 6. The van der Waals surface area contributed by atoms with Crippen LogP contribution < -0.4 is 15.0 Å². The Bertz CT molecular complexity index is 1010. The molecule has 1 saturated heterocycles. The first-order chi connectivity index (χ1) is 13.9. The van der Waals surface area contributed by atoms with Crippen LogP contribution in [0, 0.1) is 10.1 Å². The molecule has 4 amide bonds. The van der Waals surface area contributed by atoms with Crippen molar-refractivity contribution < 1.29 is 24.0 Å². The van der Waals surface area contributed by atoms with Gasteiger partial charge in [0, 0.05) is 12.1 Å². The fourth-order valence-corrected chi connectivity index (χ4v) is 2.68. The molecule has 0 aromatic heterocycles. The van der Waals surface area contributed by atoms with Gasteiger partial charge in [-0.3, -0.25) is 25.0 Å². The minimum Gasteiger partial charge on any atom is -0.494 e. The summed E-state index contributed by atoms with van der Waals surface area (Å²) in [7, 11) is 0. The lowest BCUT2D eigenvalue weighted by atomic mass is 10.1. The van der Waals surface area contributed by atoms with E-state index in [0.29, 0.717) is 22.8 Å². The summed E-state index contributed by atoms with van der Waals surface area (Å²) in [6.07, 6.45) is 2.21. The van der Waals surface area contributed by atoms with Crippen molar-refractivity contribution in [3.63, 3.8) is 0 Å². The van der Waals surface area contributed by atoms with Gasteiger partial charge < -0.3 is 4.74 Å². The number of imide groups is 2. The highest BCUT2D eigenvalue weighted by Gasteiger charge is 2.37. The number of ether oxygens (including phenoxy) is 1. The van der Waals surface area contributed by atoms with E-state index < -0.39 is 22.8 Å². The third kappa shape index (κ3) is 4.29. The monoisotopic (exact) mass is 395 g/mol. The number of nitrogens with zero attached hydrogens (tertiary/aromatic N) is 2. The Balaban J connectivity index is 1.91. The quantitative estimate of drug-likeness (QED) is 0.347. The van der Waals surface area contributed by atoms with Crippen LogP contribution in [0.1, 0.15) is 18.9 Å². The summed E-state index contributed by atoms with van der Waals surface area (Å²) in [5.74, 6) is -1.06. The van der Waals surface area contributed by atoms with Crippen molar-refractivity contribution in [1.82, 2.24) is 5.32 Å². The van der Waals surface area contributed by atoms with Crippen LogP contribution in [0.4, 0.5) is 16.2 Å². The molecule has 9 heteroatoms. The zero-order valence-electron chi connectivity index (χ0n) is 15.5. The van der Waals surface area contributed by atoms with E-state index in [-0.39, 0.29) is 16.9 Å². The van der Waals surface area contributed by atoms with Gasteiger partial charge in [0.15, 0.2) is 0 Å². The normalized spacial score (nSPS) is 15.4. The highest BCUT2D eigenvalue weighted by atomic mass is 16.6. The van der Waals surface area contributed by atoms with Gasteiger partial charge in [0.2, 0.25) is 0 Å². The summed E-state index contributed by atoms with van der Waals surface area (Å²) in [4.78, 5) is 48.3. The molecule has 0 saturated carbocycles. The van der Waals surface area contributed by atoms with Crippen molar-refractivity contribution in [3.8, 4) is 5.75 Å². The number of anilines is 1. The first-order valence-electron chi connectivity index (χ1n) is 8.79. The number of non-ortho nitro benzene ring substituents is 1. The summed E-state index contributed by atoms with van der Waals surface area (Å²) in [5.41, 5.74) is -0.00404. The maximum absolute atomic E-state index is 12.8. The van der Waals surface area contributed by atoms with Crippen molar-refractivity contribution in [2.24, 2.45) is 0 Å². The Hall–Kier alpha value is -4.01. The second-order valence-corrected chi connectivity index (χ2v) is 6.15. The zero-order chi connectivity index (χ0) is 21.0. The van der Waals surface area contributed by atoms with Gasteiger partial charge in [-0.15, -0.1) is 0 Å². The zero-order valence-corrected chi connectivity index (χ0v) is 15.5. The number of nitro groups is 1. The molecule has 29 heavy (non-hydrogen) atoms. The Labute approximate surface area is 165 Å². The molecule has 1 aliphatic rings. The minimum absolute atomic E-state index is 0.0107. The molecule has 2 aromatic rings. The predicted octanol–water partition coefficient (Wildman–Crippen LogP) is 3.05. The first-order valence-corrected chi connectivity index (χ1v) is 8.79. The van der Waals surface area contributed by atoms with Crippen molar-refractivity contribution in [3.05, 3.63) is 69.8 Å². The highest BCUT2D eigenvalue weighted by Crippen LogP contribution is 2.25. The Morgan fingerprint density at radius 1 is 1.14 bits per heavy atom. The van der Waals surface area contributed by atoms with E-state index in [1.165, 1.54) is 24.3 Å². The van der Waals surface area contributed by atoms with E-state index in [2.05, 4.69) is 5.32 Å². The largest absolute Gasteiger partial charge is 0.494 e. The van der Waals surface area contributed by atoms with E-state index in [4.69, 9.17) is 4.74 Å². The number of nitro benzene ring substituents is 1. The molecule has 1 N–H and O–H groups in total. The van der Waals surface area contributed by atoms with E-state index in [9.17, 15) is 24.5 Å². The average Bonchev–Trinajstić information content (AvgIpc) is 2.70. The van der Waals surface area contributed by atoms with Crippen molar-refractivity contribution in [2.75, 3.05) is 11.5 Å². The average molecular weight is 395 g/mol. The van der Waals surface area contributed by atoms with Crippen LogP contribution in [0.2, 0.25) is 0 Å². The van der Waals surface area contributed by atoms with Crippen LogP contribution in [0.15, 0.2) is 54.1 Å². The van der Waals surface area contributed by atoms with Crippen LogP contribution in [0.5, 0.6) is 5.75 Å². The topological polar surface area (TPSA) is 119 Å². The van der Waals surface area contributed by atoms with Crippen LogP contribution >= 0.6 is 0 Å². The maximum Gasteiger partial charge on any atom is 0.335 e. The van der Waals surface area contributed by atoms with Crippen molar-refractivity contribution in [1.29, 1.82) is 0 Å². The molecule has 0 atom stereocenters. The number of nitrogens with one attached hydrogen (secondary N) is 1. The van der Waals surface area contributed by atoms with E-state index in [1.54, 1.807) is 24.3 Å². The third-order valence-electron chi connectivity index (χ3n) is 4.06. The summed E-state index contributed by atoms with van der Waals surface area (Å²) in [6.45, 7) is 2.56. The number of hydrogen-bond acceptors (Lipinski definition) is 6. The molecule has 0 spiro atoms. The number of barbiturate groups is 1. The summed E-state index contributed by atoms with van der Waals surface area (Å²) < 4.78 is 5.49. The summed E-state index contributed by atoms with van der Waals surface area (Å²) in [6, 6.07) is 10.8. The molecule has 1 aliphatic heterocycles. The molecular weight excluding hydrogens is 378 g/mol. The van der Waals surface area contributed by atoms with Gasteiger partial charge in [0.1, 0.15) is 11.3 Å². The minimum atomic E-state index is -0.971. The number of carbonyl (C=O) groups excluding carboxylic acids is 3. The van der Waals surface area contributed by atoms with Gasteiger partial charge in [0.25, 0.3) is 17.5 Å². The van der Waals surface area contributed by atoms with E-state index >= 15 is 0 Å². The number of urea groups is 1. The van der Waals surface area contributed by atoms with Gasteiger partial charge in [-0.25, -0.2) is 9.69 Å². The van der Waals surface area contributed by atoms with E-state index in [0.717, 1.165) is 12.5 Å². The smallest absolute Gasteiger partial charge is 0.335 e. The fourth-order valence-electron chi connectivity index (χ4n) is 2.68. The van der Waals surface area contributed by atoms with Crippen molar-refractivity contribution in [2.45, 2.75) is 13.3 Å². The summed E-state index contributed by atoms with van der Waals surface area (Å²) >= 11 is 0. The van der Waals surface area contributed by atoms with Gasteiger partial charge in [0.05, 0.1) is 17.2 Å². The lowest BCUT2D eigenvalue weighted by Gasteiger charge is -2.26. The standard InChI is InChI=1S/C20H17N3O6/c1-2-10-29-16-8-6-13(7-9-16)11-17-18(24)21-20(26)22(19(17)25)14-4-3-5-15(12-14)23(27)28/h3-9,11-12H,2,10H2,1H3,(H,21,24,26)/b17-11+. The van der Waals surface area contributed by atoms with Gasteiger partial charge in [-0.1, -0.05) is 25.1 Å². The Morgan fingerprint density at radius 2 is 1.86 bits per heavy atom. The predicted molar refractivity (Wildman–Crippen MR) is 104 cm³/mol. The molecule has 1 fully saturated rings. The molecule has 0 aliphatic carbocycles. The van der Waals surface area contributed by atoms with Crippen LogP contribution in [-0.4, -0.2) is 29.4 Å². The lowest BCUT2D eigenvalue weighted by Crippen LogP contribution is -2.54. The molecule has 0 bridgehead atoms. The molecule has 1 heterocycles. The number of carbonyl (C=O) groups is 3. The fraction of sp³-hybridized carbons (Fsp3) is 0.150. The van der Waals surface area contributed by atoms with Gasteiger partial charge >= 0.3 is 6.03 Å². The van der Waals surface area contributed by atoms with Crippen LogP contribution in [0.25, 0.3) is 6.08 Å². The van der Waals surface area contributed by atoms with Gasteiger partial charge in [-0.05, 0) is 36.3 Å². The third-order valence-corrected chi connectivity index (χ3v) is 4.06. The van der Waals surface area contributed by atoms with Gasteiger partial charge in [-0.2, -0.15) is 0 Å². The lowest BCUT2D eigenvalue weighted by molar-refractivity contribution is -0.384. The molecule has 3 rings (SSSR count). The molecule has 148 valence electrons. The maximum atomic E-state index is 12.8. The number of hydrogen-bond donors (Lipinski definition) is 1. The first kappa shape index (κ1) is 19.7. The summed E-state index contributed by atoms with van der Waals surface area (Å²) in [5, 5.41) is 13.1. The number of benzene rings is 2. The SMILES string of the molecule is CCCOc1ccc(/C=C2\C(=O)NC(=O)N(c3cccc([N+](=O)[O-])c3)C2=O)cc1. The van der Waals surface area contributed by atoms with Crippen molar-refractivity contribution >= 4 is 35.3 Å². The molecular formula is C20H17N3O6.